The number of anilines is 1. The molecular formula is C26H24Cl2N6O3S. The SMILES string of the molecule is COC(=O)c1cnc2nc(N3C4CC(NCc5c(-c6c(Cl)cccc6Cl)noc5C5CC5)CC3C4)sc2n1. The molecule has 8 rings (SSSR count). The van der Waals surface area contributed by atoms with Crippen molar-refractivity contribution in [2.24, 2.45) is 0 Å². The average molecular weight is 571 g/mol. The molecular weight excluding hydrogens is 547 g/mol. The van der Waals surface area contributed by atoms with Crippen LogP contribution in [0, 0.1) is 0 Å². The van der Waals surface area contributed by atoms with Gasteiger partial charge in [-0.2, -0.15) is 4.98 Å². The minimum atomic E-state index is -0.498. The van der Waals surface area contributed by atoms with Gasteiger partial charge in [0.15, 0.2) is 21.3 Å². The van der Waals surface area contributed by atoms with Crippen molar-refractivity contribution in [1.29, 1.82) is 0 Å². The van der Waals surface area contributed by atoms with Crippen LogP contribution in [0.3, 0.4) is 0 Å². The van der Waals surface area contributed by atoms with E-state index in [2.05, 4.69) is 25.3 Å². The van der Waals surface area contributed by atoms with Gasteiger partial charge in [-0.25, -0.2) is 14.8 Å². The molecule has 5 heterocycles. The maximum Gasteiger partial charge on any atom is 0.358 e. The zero-order valence-electron chi connectivity index (χ0n) is 20.5. The lowest BCUT2D eigenvalue weighted by Gasteiger charge is -2.55. The van der Waals surface area contributed by atoms with Crippen LogP contribution in [0.2, 0.25) is 10.0 Å². The number of methoxy groups -OCH3 is 1. The largest absolute Gasteiger partial charge is 0.464 e. The fourth-order valence-corrected chi connectivity index (χ4v) is 7.32. The number of nitrogens with zero attached hydrogens (tertiary/aromatic N) is 5. The normalized spacial score (nSPS) is 22.5. The summed E-state index contributed by atoms with van der Waals surface area (Å²) in [6.45, 7) is 0.654. The van der Waals surface area contributed by atoms with Gasteiger partial charge in [0.25, 0.3) is 0 Å². The molecule has 3 aromatic heterocycles. The maximum absolute atomic E-state index is 11.8. The number of thiazole rings is 1. The first-order valence-corrected chi connectivity index (χ1v) is 14.2. The molecule has 12 heteroatoms. The second kappa shape index (κ2) is 9.44. The van der Waals surface area contributed by atoms with Crippen LogP contribution in [-0.4, -0.2) is 51.3 Å². The number of fused-ring (bicyclic) bond motifs is 3. The molecule has 4 fully saturated rings. The Morgan fingerprint density at radius 2 is 1.95 bits per heavy atom. The summed E-state index contributed by atoms with van der Waals surface area (Å²) in [4.78, 5) is 28.3. The summed E-state index contributed by atoms with van der Waals surface area (Å²) in [7, 11) is 1.33. The van der Waals surface area contributed by atoms with Crippen molar-refractivity contribution >= 4 is 56.1 Å². The molecule has 0 spiro atoms. The highest BCUT2D eigenvalue weighted by molar-refractivity contribution is 7.21. The Labute approximate surface area is 232 Å². The lowest BCUT2D eigenvalue weighted by Crippen LogP contribution is -2.64. The molecule has 196 valence electrons. The Morgan fingerprint density at radius 3 is 2.66 bits per heavy atom. The molecule has 0 amide bonds. The average Bonchev–Trinajstić information content (AvgIpc) is 3.55. The monoisotopic (exact) mass is 570 g/mol. The molecule has 38 heavy (non-hydrogen) atoms. The van der Waals surface area contributed by atoms with E-state index in [0.717, 1.165) is 59.8 Å². The molecule has 2 aliphatic heterocycles. The smallest absolute Gasteiger partial charge is 0.358 e. The molecule has 2 saturated carbocycles. The van der Waals surface area contributed by atoms with Crippen LogP contribution in [-0.2, 0) is 11.3 Å². The van der Waals surface area contributed by atoms with Crippen molar-refractivity contribution in [3.63, 3.8) is 0 Å². The second-order valence-corrected chi connectivity index (χ2v) is 11.9. The van der Waals surface area contributed by atoms with E-state index in [4.69, 9.17) is 37.4 Å². The van der Waals surface area contributed by atoms with Crippen LogP contribution in [0.4, 0.5) is 5.13 Å². The van der Waals surface area contributed by atoms with Gasteiger partial charge in [0.1, 0.15) is 11.5 Å². The number of benzene rings is 1. The Balaban J connectivity index is 1.07. The first-order valence-electron chi connectivity index (χ1n) is 12.7. The molecule has 2 bridgehead atoms. The van der Waals surface area contributed by atoms with Gasteiger partial charge in [-0.3, -0.25) is 0 Å². The molecule has 4 aromatic rings. The fourth-order valence-electron chi connectivity index (χ4n) is 5.70. The summed E-state index contributed by atoms with van der Waals surface area (Å²) in [6.07, 6.45) is 6.81. The second-order valence-electron chi connectivity index (χ2n) is 10.1. The number of esters is 1. The van der Waals surface area contributed by atoms with E-state index < -0.39 is 5.97 Å². The highest BCUT2D eigenvalue weighted by atomic mass is 35.5. The van der Waals surface area contributed by atoms with Gasteiger partial charge >= 0.3 is 5.97 Å². The highest BCUT2D eigenvalue weighted by Gasteiger charge is 2.46. The first kappa shape index (κ1) is 24.3. The third-order valence-corrected chi connectivity index (χ3v) is 9.29. The van der Waals surface area contributed by atoms with E-state index in [1.807, 2.05) is 18.2 Å². The molecule has 0 radical (unpaired) electrons. The number of halogens is 2. The van der Waals surface area contributed by atoms with Gasteiger partial charge in [-0.05, 0) is 44.2 Å². The molecule has 2 atom stereocenters. The van der Waals surface area contributed by atoms with Crippen LogP contribution in [0.5, 0.6) is 0 Å². The van der Waals surface area contributed by atoms with E-state index in [0.29, 0.717) is 51.1 Å². The summed E-state index contributed by atoms with van der Waals surface area (Å²) in [5.74, 6) is 0.874. The van der Waals surface area contributed by atoms with Crippen LogP contribution < -0.4 is 10.2 Å². The Hall–Kier alpha value is -2.79. The topological polar surface area (TPSA) is 106 Å². The minimum Gasteiger partial charge on any atom is -0.464 e. The number of hydrogen-bond acceptors (Lipinski definition) is 10. The zero-order valence-corrected chi connectivity index (χ0v) is 22.8. The molecule has 1 N–H and O–H groups in total. The molecule has 2 aliphatic carbocycles. The van der Waals surface area contributed by atoms with Crippen molar-refractivity contribution in [2.75, 3.05) is 12.0 Å². The van der Waals surface area contributed by atoms with Crippen LogP contribution >= 0.6 is 34.5 Å². The molecule has 2 unspecified atom stereocenters. The molecule has 4 aliphatic rings. The highest BCUT2D eigenvalue weighted by Crippen LogP contribution is 2.47. The summed E-state index contributed by atoms with van der Waals surface area (Å²) >= 11 is 14.5. The Kier molecular flexibility index (Phi) is 6.03. The van der Waals surface area contributed by atoms with Crippen LogP contribution in [0.1, 0.15) is 59.8 Å². The summed E-state index contributed by atoms with van der Waals surface area (Å²) in [5, 5.41) is 10.2. The number of piperidine rings is 1. The van der Waals surface area contributed by atoms with Gasteiger partial charge in [-0.1, -0.05) is 45.8 Å². The van der Waals surface area contributed by atoms with E-state index in [1.54, 1.807) is 0 Å². The number of nitrogens with one attached hydrogen (secondary N) is 1. The predicted molar refractivity (Wildman–Crippen MR) is 145 cm³/mol. The minimum absolute atomic E-state index is 0.194. The van der Waals surface area contributed by atoms with Crippen LogP contribution in [0.25, 0.3) is 21.7 Å². The van der Waals surface area contributed by atoms with E-state index in [-0.39, 0.29) is 5.69 Å². The number of aromatic nitrogens is 4. The standard InChI is InChI=1S/C26H24Cl2N6O3S/c1-36-25(35)19-11-30-23-24(31-19)38-26(32-23)34-14-7-13(8-15(34)9-14)29-10-16-21(33-37-22(16)12-5-6-12)20-17(27)3-2-4-18(20)28/h2-4,11-15,29H,5-10H2,1H3. The van der Waals surface area contributed by atoms with Gasteiger partial charge in [0.2, 0.25) is 0 Å². The van der Waals surface area contributed by atoms with Crippen molar-refractivity contribution < 1.29 is 14.1 Å². The maximum atomic E-state index is 11.8. The number of carbonyl (C=O) groups excluding carboxylic acids is 1. The molecule has 9 nitrogen and oxygen atoms in total. The van der Waals surface area contributed by atoms with E-state index >= 15 is 0 Å². The lowest BCUT2D eigenvalue weighted by molar-refractivity contribution is 0.0594. The number of rotatable bonds is 7. The van der Waals surface area contributed by atoms with E-state index in [9.17, 15) is 4.79 Å². The summed E-state index contributed by atoms with van der Waals surface area (Å²) < 4.78 is 10.6. The Morgan fingerprint density at radius 1 is 1.18 bits per heavy atom. The third kappa shape index (κ3) is 4.14. The molecule has 2 saturated heterocycles. The Bertz CT molecular complexity index is 1520. The fraction of sp³-hybridized carbons (Fsp3) is 0.423. The third-order valence-electron chi connectivity index (χ3n) is 7.71. The lowest BCUT2D eigenvalue weighted by atomic mass is 9.77. The van der Waals surface area contributed by atoms with Gasteiger partial charge in [0, 0.05) is 41.7 Å². The first-order chi connectivity index (χ1) is 18.5. The number of ether oxygens (including phenoxy) is 1. The summed E-state index contributed by atoms with van der Waals surface area (Å²) in [5.41, 5.74) is 3.28. The molecule has 1 aromatic carbocycles. The van der Waals surface area contributed by atoms with Gasteiger partial charge in [0.05, 0.1) is 23.4 Å². The van der Waals surface area contributed by atoms with Crippen LogP contribution in [0.15, 0.2) is 28.9 Å². The van der Waals surface area contributed by atoms with Crippen molar-refractivity contribution in [3.8, 4) is 11.3 Å². The predicted octanol–water partition coefficient (Wildman–Crippen LogP) is 5.61. The summed E-state index contributed by atoms with van der Waals surface area (Å²) in [6, 6.07) is 6.66. The zero-order chi connectivity index (χ0) is 26.0. The van der Waals surface area contributed by atoms with E-state index in [1.165, 1.54) is 24.6 Å². The van der Waals surface area contributed by atoms with Crippen molar-refractivity contribution in [1.82, 2.24) is 25.4 Å². The number of hydrogen-bond donors (Lipinski definition) is 1. The van der Waals surface area contributed by atoms with Crippen molar-refractivity contribution in [2.45, 2.75) is 62.7 Å². The van der Waals surface area contributed by atoms with Gasteiger partial charge in [-0.15, -0.1) is 0 Å². The van der Waals surface area contributed by atoms with Crippen molar-refractivity contribution in [3.05, 3.63) is 51.5 Å². The van der Waals surface area contributed by atoms with Gasteiger partial charge < -0.3 is 19.5 Å². The number of carbonyl (C=O) groups is 1. The quantitative estimate of drug-likeness (QED) is 0.283.